The van der Waals surface area contributed by atoms with Crippen LogP contribution in [0.3, 0.4) is 0 Å². The molecule has 1 N–H and O–H groups in total. The van der Waals surface area contributed by atoms with E-state index in [1.54, 1.807) is 16.7 Å². The summed E-state index contributed by atoms with van der Waals surface area (Å²) in [6.07, 6.45) is 3.87. The summed E-state index contributed by atoms with van der Waals surface area (Å²) in [4.78, 5) is 28.2. The van der Waals surface area contributed by atoms with Gasteiger partial charge in [0.05, 0.1) is 24.3 Å². The Morgan fingerprint density at radius 2 is 1.76 bits per heavy atom. The summed E-state index contributed by atoms with van der Waals surface area (Å²) in [6.45, 7) is 3.43. The van der Waals surface area contributed by atoms with Crippen molar-refractivity contribution in [1.29, 1.82) is 0 Å². The van der Waals surface area contributed by atoms with Crippen LogP contribution in [0.15, 0.2) is 71.9 Å². The summed E-state index contributed by atoms with van der Waals surface area (Å²) in [5.74, 6) is 1.85. The highest BCUT2D eigenvalue weighted by atomic mass is 32.2. The molecule has 0 saturated carbocycles. The SMILES string of the molecule is CSc1nc2c(c(N3CC4CCC(C3)N4C(=O)O)n1)CCN(c1cc(OCc3ccccc3)cc3ccccc13)C2. The third kappa shape index (κ3) is 4.92. The Bertz CT molecular complexity index is 1590. The zero-order valence-corrected chi connectivity index (χ0v) is 23.9. The molecule has 0 spiro atoms. The average molecular weight is 568 g/mol. The summed E-state index contributed by atoms with van der Waals surface area (Å²) in [7, 11) is 0. The monoisotopic (exact) mass is 567 g/mol. The van der Waals surface area contributed by atoms with Crippen LogP contribution in [0, 0.1) is 0 Å². The average Bonchev–Trinajstić information content (AvgIpc) is 3.29. The molecule has 9 heteroatoms. The third-order valence-corrected chi connectivity index (χ3v) is 9.16. The number of carboxylic acid groups (broad SMARTS) is 1. The topological polar surface area (TPSA) is 82.0 Å². The molecule has 3 aliphatic heterocycles. The number of piperazine rings is 1. The quantitative estimate of drug-likeness (QED) is 0.230. The number of aromatic nitrogens is 2. The summed E-state index contributed by atoms with van der Waals surface area (Å²) < 4.78 is 6.28. The fourth-order valence-corrected chi connectivity index (χ4v) is 7.06. The van der Waals surface area contributed by atoms with Gasteiger partial charge < -0.3 is 19.6 Å². The molecule has 210 valence electrons. The van der Waals surface area contributed by atoms with Crippen LogP contribution in [0.1, 0.15) is 29.7 Å². The molecule has 0 radical (unpaired) electrons. The summed E-state index contributed by atoms with van der Waals surface area (Å²) >= 11 is 1.56. The highest BCUT2D eigenvalue weighted by molar-refractivity contribution is 7.98. The lowest BCUT2D eigenvalue weighted by atomic mass is 10.0. The Morgan fingerprint density at radius 3 is 2.51 bits per heavy atom. The van der Waals surface area contributed by atoms with Crippen LogP contribution < -0.4 is 14.5 Å². The molecule has 3 aliphatic rings. The molecule has 3 aromatic carbocycles. The third-order valence-electron chi connectivity index (χ3n) is 8.61. The van der Waals surface area contributed by atoms with E-state index in [0.29, 0.717) is 26.2 Å². The molecule has 1 amide bonds. The molecule has 8 nitrogen and oxygen atoms in total. The first kappa shape index (κ1) is 26.0. The number of hydrogen-bond acceptors (Lipinski definition) is 7. The minimum absolute atomic E-state index is 0.0275. The zero-order chi connectivity index (χ0) is 27.9. The second-order valence-electron chi connectivity index (χ2n) is 11.0. The van der Waals surface area contributed by atoms with E-state index < -0.39 is 6.09 Å². The molecule has 1 aromatic heterocycles. The molecule has 2 atom stereocenters. The number of fused-ring (bicyclic) bond motifs is 4. The van der Waals surface area contributed by atoms with Gasteiger partial charge in [0.15, 0.2) is 5.16 Å². The number of thioether (sulfide) groups is 1. The molecule has 2 bridgehead atoms. The summed E-state index contributed by atoms with van der Waals surface area (Å²) in [5, 5.41) is 12.9. The number of ether oxygens (including phenoxy) is 1. The maximum Gasteiger partial charge on any atom is 0.407 e. The van der Waals surface area contributed by atoms with Crippen LogP contribution in [0.2, 0.25) is 0 Å². The van der Waals surface area contributed by atoms with Gasteiger partial charge in [-0.05, 0) is 42.5 Å². The van der Waals surface area contributed by atoms with Crippen molar-refractivity contribution in [3.8, 4) is 5.75 Å². The van der Waals surface area contributed by atoms with Crippen molar-refractivity contribution in [1.82, 2.24) is 14.9 Å². The molecular weight excluding hydrogens is 534 g/mol. The first-order valence-corrected chi connectivity index (χ1v) is 15.4. The number of benzene rings is 3. The molecular formula is C32H33N5O3S. The van der Waals surface area contributed by atoms with Crippen LogP contribution in [0.5, 0.6) is 5.75 Å². The molecule has 4 aromatic rings. The minimum atomic E-state index is -0.801. The van der Waals surface area contributed by atoms with Gasteiger partial charge in [0.2, 0.25) is 0 Å². The Morgan fingerprint density at radius 1 is 1.00 bits per heavy atom. The lowest BCUT2D eigenvalue weighted by Crippen LogP contribution is -2.56. The van der Waals surface area contributed by atoms with Crippen LogP contribution in [-0.2, 0) is 19.6 Å². The van der Waals surface area contributed by atoms with E-state index in [4.69, 9.17) is 14.7 Å². The van der Waals surface area contributed by atoms with Crippen molar-refractivity contribution in [2.45, 2.75) is 49.7 Å². The van der Waals surface area contributed by atoms with E-state index in [2.05, 4.69) is 58.3 Å². The van der Waals surface area contributed by atoms with E-state index in [-0.39, 0.29) is 12.1 Å². The van der Waals surface area contributed by atoms with Gasteiger partial charge >= 0.3 is 6.09 Å². The Hall–Kier alpha value is -3.98. The van der Waals surface area contributed by atoms with Crippen molar-refractivity contribution in [2.24, 2.45) is 0 Å². The molecule has 41 heavy (non-hydrogen) atoms. The van der Waals surface area contributed by atoms with Crippen molar-refractivity contribution in [3.05, 3.63) is 83.6 Å². The predicted octanol–water partition coefficient (Wildman–Crippen LogP) is 5.82. The van der Waals surface area contributed by atoms with Gasteiger partial charge in [-0.15, -0.1) is 0 Å². The normalized spacial score (nSPS) is 19.9. The highest BCUT2D eigenvalue weighted by Crippen LogP contribution is 2.39. The predicted molar refractivity (Wildman–Crippen MR) is 162 cm³/mol. The van der Waals surface area contributed by atoms with Gasteiger partial charge in [0.1, 0.15) is 18.2 Å². The number of carbonyl (C=O) groups is 1. The molecule has 4 heterocycles. The molecule has 7 rings (SSSR count). The van der Waals surface area contributed by atoms with Crippen LogP contribution in [-0.4, -0.2) is 64.0 Å². The maximum absolute atomic E-state index is 11.9. The van der Waals surface area contributed by atoms with E-state index in [1.807, 2.05) is 24.5 Å². The van der Waals surface area contributed by atoms with Crippen molar-refractivity contribution >= 4 is 40.1 Å². The number of anilines is 2. The summed E-state index contributed by atoms with van der Waals surface area (Å²) in [5.41, 5.74) is 4.54. The first-order chi connectivity index (χ1) is 20.1. The zero-order valence-electron chi connectivity index (χ0n) is 23.1. The van der Waals surface area contributed by atoms with Crippen molar-refractivity contribution in [3.63, 3.8) is 0 Å². The molecule has 2 saturated heterocycles. The van der Waals surface area contributed by atoms with E-state index in [0.717, 1.165) is 64.9 Å². The van der Waals surface area contributed by atoms with Gasteiger partial charge in [0, 0.05) is 42.3 Å². The number of amides is 1. The van der Waals surface area contributed by atoms with Gasteiger partial charge in [-0.25, -0.2) is 14.8 Å². The van der Waals surface area contributed by atoms with E-state index in [1.165, 1.54) is 10.9 Å². The Kier molecular flexibility index (Phi) is 6.82. The standard InChI is InChI=1S/C32H33N5O3S/c1-41-31-33-28-19-35(14-13-27(28)30(34-31)36-17-23-11-12-24(18-36)37(23)32(38)39)29-16-25(15-22-9-5-6-10-26(22)29)40-20-21-7-3-2-4-8-21/h2-10,15-16,23-24H,11-14,17-20H2,1H3,(H,38,39). The lowest BCUT2D eigenvalue weighted by Gasteiger charge is -2.41. The number of nitrogens with zero attached hydrogens (tertiary/aromatic N) is 5. The smallest absolute Gasteiger partial charge is 0.407 e. The summed E-state index contributed by atoms with van der Waals surface area (Å²) in [6, 6.07) is 23.1. The van der Waals surface area contributed by atoms with E-state index in [9.17, 15) is 9.90 Å². The van der Waals surface area contributed by atoms with Gasteiger partial charge in [0.25, 0.3) is 0 Å². The van der Waals surface area contributed by atoms with Gasteiger partial charge in [-0.1, -0.05) is 66.4 Å². The Balaban J connectivity index is 1.20. The lowest BCUT2D eigenvalue weighted by molar-refractivity contribution is 0.114. The fraction of sp³-hybridized carbons (Fsp3) is 0.344. The minimum Gasteiger partial charge on any atom is -0.489 e. The second-order valence-corrected chi connectivity index (χ2v) is 11.8. The largest absolute Gasteiger partial charge is 0.489 e. The molecule has 0 aliphatic carbocycles. The fourth-order valence-electron chi connectivity index (χ4n) is 6.68. The number of rotatable bonds is 6. The maximum atomic E-state index is 11.9. The van der Waals surface area contributed by atoms with E-state index >= 15 is 0 Å². The Labute approximate surface area is 244 Å². The van der Waals surface area contributed by atoms with Crippen LogP contribution in [0.4, 0.5) is 16.3 Å². The second kappa shape index (κ2) is 10.8. The molecule has 2 fully saturated rings. The van der Waals surface area contributed by atoms with Crippen LogP contribution >= 0.6 is 11.8 Å². The highest BCUT2D eigenvalue weighted by Gasteiger charge is 2.44. The van der Waals surface area contributed by atoms with Crippen molar-refractivity contribution in [2.75, 3.05) is 35.7 Å². The van der Waals surface area contributed by atoms with Gasteiger partial charge in [-0.2, -0.15) is 0 Å². The van der Waals surface area contributed by atoms with Crippen LogP contribution in [0.25, 0.3) is 10.8 Å². The van der Waals surface area contributed by atoms with Crippen molar-refractivity contribution < 1.29 is 14.6 Å². The molecule has 2 unspecified atom stereocenters. The first-order valence-electron chi connectivity index (χ1n) is 14.2. The number of hydrogen-bond donors (Lipinski definition) is 1. The van der Waals surface area contributed by atoms with Gasteiger partial charge in [-0.3, -0.25) is 4.90 Å².